The Hall–Kier alpha value is -2.87. The van der Waals surface area contributed by atoms with Crippen LogP contribution in [-0.4, -0.2) is 30.7 Å². The molecule has 7 nitrogen and oxygen atoms in total. The lowest BCUT2D eigenvalue weighted by Crippen LogP contribution is -2.22. The van der Waals surface area contributed by atoms with Gasteiger partial charge in [0.25, 0.3) is 5.69 Å². The lowest BCUT2D eigenvalue weighted by Gasteiger charge is -2.26. The molecule has 3 aromatic rings. The number of nitro benzene ring substituents is 1. The van der Waals surface area contributed by atoms with Crippen molar-refractivity contribution in [1.29, 1.82) is 0 Å². The van der Waals surface area contributed by atoms with E-state index in [0.717, 1.165) is 51.8 Å². The molecular weight excluding hydrogens is 366 g/mol. The van der Waals surface area contributed by atoms with E-state index in [4.69, 9.17) is 14.5 Å². The quantitative estimate of drug-likeness (QED) is 0.473. The molecule has 1 saturated heterocycles. The van der Waals surface area contributed by atoms with Crippen molar-refractivity contribution in [3.05, 3.63) is 52.1 Å². The van der Waals surface area contributed by atoms with Crippen molar-refractivity contribution in [2.24, 2.45) is 0 Å². The number of ether oxygens (including phenoxy) is 2. The average molecular weight is 385 g/mol. The first-order valence-corrected chi connectivity index (χ1v) is 9.46. The molecule has 2 heterocycles. The third-order valence-corrected chi connectivity index (χ3v) is 5.92. The Labute approximate surface area is 160 Å². The molecule has 1 aromatic heterocycles. The van der Waals surface area contributed by atoms with Gasteiger partial charge in [-0.2, -0.15) is 0 Å². The van der Waals surface area contributed by atoms with Gasteiger partial charge in [-0.05, 0) is 37.1 Å². The SMILES string of the molecule is COc1ccc(OC)c(C2CCCN2c2nc3ccc([N+](=O)[O-])cc3s2)c1. The Morgan fingerprint density at radius 1 is 1.22 bits per heavy atom. The second kappa shape index (κ2) is 7.03. The van der Waals surface area contributed by atoms with E-state index in [-0.39, 0.29) is 16.7 Å². The lowest BCUT2D eigenvalue weighted by molar-refractivity contribution is -0.384. The van der Waals surface area contributed by atoms with E-state index in [1.165, 1.54) is 17.4 Å². The van der Waals surface area contributed by atoms with E-state index < -0.39 is 0 Å². The van der Waals surface area contributed by atoms with Gasteiger partial charge in [-0.3, -0.25) is 10.1 Å². The number of aromatic nitrogens is 1. The van der Waals surface area contributed by atoms with Gasteiger partial charge in [0, 0.05) is 24.2 Å². The standard InChI is InChI=1S/C19H19N3O4S/c1-25-13-6-8-17(26-2)14(11-13)16-4-3-9-21(16)19-20-15-7-5-12(22(23)24)10-18(15)27-19/h5-8,10-11,16H,3-4,9H2,1-2H3. The third kappa shape index (κ3) is 3.16. The molecule has 0 radical (unpaired) electrons. The molecule has 4 rings (SSSR count). The fraction of sp³-hybridized carbons (Fsp3) is 0.316. The van der Waals surface area contributed by atoms with Crippen molar-refractivity contribution >= 4 is 32.4 Å². The number of rotatable bonds is 5. The Bertz CT molecular complexity index is 1000. The Morgan fingerprint density at radius 2 is 2.07 bits per heavy atom. The van der Waals surface area contributed by atoms with Crippen LogP contribution in [-0.2, 0) is 0 Å². The molecule has 1 aliphatic rings. The first kappa shape index (κ1) is 17.5. The number of fused-ring (bicyclic) bond motifs is 1. The monoisotopic (exact) mass is 385 g/mol. The summed E-state index contributed by atoms with van der Waals surface area (Å²) in [5.41, 5.74) is 1.94. The molecule has 1 aliphatic heterocycles. The molecule has 0 saturated carbocycles. The smallest absolute Gasteiger partial charge is 0.270 e. The van der Waals surface area contributed by atoms with Crippen molar-refractivity contribution in [2.45, 2.75) is 18.9 Å². The maximum absolute atomic E-state index is 11.0. The van der Waals surface area contributed by atoms with Crippen molar-refractivity contribution in [3.63, 3.8) is 0 Å². The largest absolute Gasteiger partial charge is 0.497 e. The fourth-order valence-corrected chi connectivity index (χ4v) is 4.63. The van der Waals surface area contributed by atoms with Crippen LogP contribution >= 0.6 is 11.3 Å². The summed E-state index contributed by atoms with van der Waals surface area (Å²) in [5, 5.41) is 11.9. The van der Waals surface area contributed by atoms with Gasteiger partial charge in [0.2, 0.25) is 0 Å². The van der Waals surface area contributed by atoms with E-state index in [9.17, 15) is 10.1 Å². The van der Waals surface area contributed by atoms with Crippen LogP contribution in [0.1, 0.15) is 24.4 Å². The molecule has 1 fully saturated rings. The first-order valence-electron chi connectivity index (χ1n) is 8.64. The number of non-ortho nitro benzene ring substituents is 1. The zero-order chi connectivity index (χ0) is 19.0. The zero-order valence-corrected chi connectivity index (χ0v) is 15.9. The summed E-state index contributed by atoms with van der Waals surface area (Å²) in [5.74, 6) is 1.61. The summed E-state index contributed by atoms with van der Waals surface area (Å²) in [6.45, 7) is 0.882. The van der Waals surface area contributed by atoms with E-state index in [0.29, 0.717) is 0 Å². The maximum Gasteiger partial charge on any atom is 0.270 e. The summed E-state index contributed by atoms with van der Waals surface area (Å²) in [7, 11) is 3.32. The fourth-order valence-electron chi connectivity index (χ4n) is 3.56. The molecule has 1 atom stereocenters. The van der Waals surface area contributed by atoms with Crippen LogP contribution in [0.25, 0.3) is 10.2 Å². The number of benzene rings is 2. The van der Waals surface area contributed by atoms with Crippen LogP contribution in [0, 0.1) is 10.1 Å². The summed E-state index contributed by atoms with van der Waals surface area (Å²) in [6, 6.07) is 10.8. The van der Waals surface area contributed by atoms with Gasteiger partial charge in [0.15, 0.2) is 5.13 Å². The number of nitro groups is 1. The Balaban J connectivity index is 1.73. The zero-order valence-electron chi connectivity index (χ0n) is 15.0. The van der Waals surface area contributed by atoms with Crippen LogP contribution in [0.5, 0.6) is 11.5 Å². The minimum atomic E-state index is -0.376. The number of thiazole rings is 1. The summed E-state index contributed by atoms with van der Waals surface area (Å²) in [4.78, 5) is 17.6. The van der Waals surface area contributed by atoms with Crippen molar-refractivity contribution in [2.75, 3.05) is 25.7 Å². The molecule has 0 bridgehead atoms. The third-order valence-electron chi connectivity index (χ3n) is 4.87. The molecule has 140 valence electrons. The van der Waals surface area contributed by atoms with E-state index in [2.05, 4.69) is 4.90 Å². The predicted molar refractivity (Wildman–Crippen MR) is 105 cm³/mol. The average Bonchev–Trinajstić information content (AvgIpc) is 3.33. The van der Waals surface area contributed by atoms with Crippen molar-refractivity contribution < 1.29 is 14.4 Å². The molecule has 0 amide bonds. The molecule has 8 heteroatoms. The van der Waals surface area contributed by atoms with E-state index in [1.54, 1.807) is 26.4 Å². The second-order valence-electron chi connectivity index (χ2n) is 6.36. The topological polar surface area (TPSA) is 77.7 Å². The van der Waals surface area contributed by atoms with Gasteiger partial charge in [-0.25, -0.2) is 4.98 Å². The van der Waals surface area contributed by atoms with Gasteiger partial charge in [-0.1, -0.05) is 11.3 Å². The van der Waals surface area contributed by atoms with Gasteiger partial charge < -0.3 is 14.4 Å². The number of hydrogen-bond acceptors (Lipinski definition) is 7. The van der Waals surface area contributed by atoms with Gasteiger partial charge in [0.05, 0.1) is 35.4 Å². The number of nitrogens with zero attached hydrogens (tertiary/aromatic N) is 3. The molecular formula is C19H19N3O4S. The first-order chi connectivity index (χ1) is 13.1. The molecule has 1 unspecified atom stereocenters. The summed E-state index contributed by atoms with van der Waals surface area (Å²) in [6.07, 6.45) is 2.03. The maximum atomic E-state index is 11.0. The second-order valence-corrected chi connectivity index (χ2v) is 7.37. The highest BCUT2D eigenvalue weighted by Crippen LogP contribution is 2.43. The number of hydrogen-bond donors (Lipinski definition) is 0. The predicted octanol–water partition coefficient (Wildman–Crippen LogP) is 4.56. The van der Waals surface area contributed by atoms with Crippen LogP contribution in [0.15, 0.2) is 36.4 Å². The summed E-state index contributed by atoms with van der Waals surface area (Å²) < 4.78 is 11.8. The normalized spacial score (nSPS) is 16.7. The highest BCUT2D eigenvalue weighted by Gasteiger charge is 2.31. The van der Waals surface area contributed by atoms with Crippen LogP contribution in [0.3, 0.4) is 0 Å². The van der Waals surface area contributed by atoms with Crippen molar-refractivity contribution in [1.82, 2.24) is 4.98 Å². The highest BCUT2D eigenvalue weighted by molar-refractivity contribution is 7.22. The van der Waals surface area contributed by atoms with Gasteiger partial charge in [0.1, 0.15) is 11.5 Å². The summed E-state index contributed by atoms with van der Waals surface area (Å²) >= 11 is 1.49. The number of methoxy groups -OCH3 is 2. The van der Waals surface area contributed by atoms with E-state index in [1.807, 2.05) is 18.2 Å². The van der Waals surface area contributed by atoms with Crippen molar-refractivity contribution in [3.8, 4) is 11.5 Å². The van der Waals surface area contributed by atoms with Gasteiger partial charge in [-0.15, -0.1) is 0 Å². The molecule has 2 aromatic carbocycles. The highest BCUT2D eigenvalue weighted by atomic mass is 32.1. The minimum Gasteiger partial charge on any atom is -0.497 e. The molecule has 0 spiro atoms. The molecule has 0 N–H and O–H groups in total. The van der Waals surface area contributed by atoms with Crippen LogP contribution < -0.4 is 14.4 Å². The minimum absolute atomic E-state index is 0.0881. The number of anilines is 1. The van der Waals surface area contributed by atoms with Crippen LogP contribution in [0.4, 0.5) is 10.8 Å². The Kier molecular flexibility index (Phi) is 4.57. The van der Waals surface area contributed by atoms with E-state index >= 15 is 0 Å². The molecule has 0 aliphatic carbocycles. The Morgan fingerprint density at radius 3 is 2.81 bits per heavy atom. The van der Waals surface area contributed by atoms with Gasteiger partial charge >= 0.3 is 0 Å². The molecule has 27 heavy (non-hydrogen) atoms. The lowest BCUT2D eigenvalue weighted by atomic mass is 10.0. The van der Waals surface area contributed by atoms with Crippen LogP contribution in [0.2, 0.25) is 0 Å².